The number of halogens is 1. The average Bonchev–Trinajstić information content (AvgIpc) is 3.09. The van der Waals surface area contributed by atoms with Gasteiger partial charge in [-0.3, -0.25) is 4.79 Å². The van der Waals surface area contributed by atoms with E-state index in [4.69, 9.17) is 11.6 Å². The minimum absolute atomic E-state index is 0.0609. The van der Waals surface area contributed by atoms with Crippen LogP contribution in [0, 0.1) is 5.92 Å². The van der Waals surface area contributed by atoms with Gasteiger partial charge in [-0.15, -0.1) is 0 Å². The standard InChI is InChI=1S/C19H25ClN4O3S/c1-3-18-17(12-21-24(18)16-8-4-7-15(20)10-16)19(25)23-9-5-6-14(13-23)11-22-28(2,26)27/h4,7-8,10,12,14,22H,3,5-6,9,11,13H2,1-2H3. The van der Waals surface area contributed by atoms with E-state index in [2.05, 4.69) is 9.82 Å². The van der Waals surface area contributed by atoms with Crippen LogP contribution in [0.5, 0.6) is 0 Å². The quantitative estimate of drug-likeness (QED) is 0.772. The fourth-order valence-electron chi connectivity index (χ4n) is 3.58. The Bertz CT molecular complexity index is 958. The van der Waals surface area contributed by atoms with Gasteiger partial charge >= 0.3 is 0 Å². The summed E-state index contributed by atoms with van der Waals surface area (Å²) >= 11 is 6.09. The lowest BCUT2D eigenvalue weighted by molar-refractivity contribution is 0.0675. The van der Waals surface area contributed by atoms with Crippen molar-refractivity contribution >= 4 is 27.5 Å². The van der Waals surface area contributed by atoms with Crippen LogP contribution in [0.15, 0.2) is 30.5 Å². The number of benzene rings is 1. The van der Waals surface area contributed by atoms with E-state index in [1.165, 1.54) is 0 Å². The molecular weight excluding hydrogens is 400 g/mol. The molecule has 3 rings (SSSR count). The number of amides is 1. The highest BCUT2D eigenvalue weighted by Gasteiger charge is 2.28. The lowest BCUT2D eigenvalue weighted by Crippen LogP contribution is -2.43. The lowest BCUT2D eigenvalue weighted by Gasteiger charge is -2.32. The van der Waals surface area contributed by atoms with Crippen LogP contribution in [-0.2, 0) is 16.4 Å². The van der Waals surface area contributed by atoms with Crippen molar-refractivity contribution in [2.75, 3.05) is 25.9 Å². The predicted molar refractivity (Wildman–Crippen MR) is 109 cm³/mol. The summed E-state index contributed by atoms with van der Waals surface area (Å²) in [6.07, 6.45) is 5.16. The molecule has 2 aromatic rings. The normalized spacial score (nSPS) is 17.7. The third-order valence-electron chi connectivity index (χ3n) is 4.93. The molecule has 1 aliphatic rings. The zero-order valence-corrected chi connectivity index (χ0v) is 17.6. The number of rotatable bonds is 6. The highest BCUT2D eigenvalue weighted by molar-refractivity contribution is 7.88. The van der Waals surface area contributed by atoms with E-state index in [1.807, 2.05) is 25.1 Å². The highest BCUT2D eigenvalue weighted by Crippen LogP contribution is 2.23. The van der Waals surface area contributed by atoms with Crippen molar-refractivity contribution in [2.45, 2.75) is 26.2 Å². The number of carbonyl (C=O) groups excluding carboxylic acids is 1. The van der Waals surface area contributed by atoms with Crippen LogP contribution in [0.2, 0.25) is 5.02 Å². The van der Waals surface area contributed by atoms with Crippen molar-refractivity contribution in [3.05, 3.63) is 46.7 Å². The second-order valence-electron chi connectivity index (χ2n) is 7.13. The Morgan fingerprint density at radius 1 is 1.39 bits per heavy atom. The molecule has 28 heavy (non-hydrogen) atoms. The minimum Gasteiger partial charge on any atom is -0.338 e. The zero-order chi connectivity index (χ0) is 20.3. The Morgan fingerprint density at radius 3 is 2.86 bits per heavy atom. The SMILES string of the molecule is CCc1c(C(=O)N2CCCC(CNS(C)(=O)=O)C2)cnn1-c1cccc(Cl)c1. The van der Waals surface area contributed by atoms with Gasteiger partial charge in [0.15, 0.2) is 0 Å². The molecule has 0 saturated carbocycles. The van der Waals surface area contributed by atoms with Gasteiger partial charge in [0.1, 0.15) is 0 Å². The number of hydrogen-bond donors (Lipinski definition) is 1. The lowest BCUT2D eigenvalue weighted by atomic mass is 9.97. The Balaban J connectivity index is 1.78. The molecule has 0 spiro atoms. The van der Waals surface area contributed by atoms with Crippen LogP contribution < -0.4 is 4.72 Å². The molecule has 1 aliphatic heterocycles. The largest absolute Gasteiger partial charge is 0.338 e. The number of carbonyl (C=O) groups is 1. The van der Waals surface area contributed by atoms with Gasteiger partial charge in [0.05, 0.1) is 29.4 Å². The number of nitrogens with one attached hydrogen (secondary N) is 1. The van der Waals surface area contributed by atoms with Gasteiger partial charge in [0.2, 0.25) is 10.0 Å². The fraction of sp³-hybridized carbons (Fsp3) is 0.474. The molecule has 2 heterocycles. The van der Waals surface area contributed by atoms with Crippen molar-refractivity contribution in [1.82, 2.24) is 19.4 Å². The van der Waals surface area contributed by atoms with Crippen molar-refractivity contribution < 1.29 is 13.2 Å². The topological polar surface area (TPSA) is 84.3 Å². The van der Waals surface area contributed by atoms with Crippen molar-refractivity contribution in [3.8, 4) is 5.69 Å². The molecule has 1 fully saturated rings. The summed E-state index contributed by atoms with van der Waals surface area (Å²) in [7, 11) is -3.23. The number of hydrogen-bond acceptors (Lipinski definition) is 4. The first-order valence-electron chi connectivity index (χ1n) is 9.35. The number of piperidine rings is 1. The van der Waals surface area contributed by atoms with E-state index >= 15 is 0 Å². The van der Waals surface area contributed by atoms with Crippen LogP contribution in [0.3, 0.4) is 0 Å². The molecule has 1 unspecified atom stereocenters. The summed E-state index contributed by atoms with van der Waals surface area (Å²) in [5.41, 5.74) is 2.24. The first-order valence-corrected chi connectivity index (χ1v) is 11.6. The summed E-state index contributed by atoms with van der Waals surface area (Å²) in [5, 5.41) is 5.03. The maximum atomic E-state index is 13.1. The summed E-state index contributed by atoms with van der Waals surface area (Å²) in [6, 6.07) is 7.37. The van der Waals surface area contributed by atoms with E-state index in [0.29, 0.717) is 36.6 Å². The molecule has 7 nitrogen and oxygen atoms in total. The van der Waals surface area contributed by atoms with E-state index in [-0.39, 0.29) is 11.8 Å². The van der Waals surface area contributed by atoms with Crippen LogP contribution in [0.1, 0.15) is 35.8 Å². The number of sulfonamides is 1. The van der Waals surface area contributed by atoms with Crippen LogP contribution in [0.25, 0.3) is 5.69 Å². The monoisotopic (exact) mass is 424 g/mol. The molecule has 1 aromatic carbocycles. The first-order chi connectivity index (χ1) is 13.3. The molecule has 1 N–H and O–H groups in total. The molecule has 0 bridgehead atoms. The van der Waals surface area contributed by atoms with Gasteiger partial charge in [-0.2, -0.15) is 5.10 Å². The Morgan fingerprint density at radius 2 is 2.18 bits per heavy atom. The first kappa shape index (κ1) is 20.8. The highest BCUT2D eigenvalue weighted by atomic mass is 35.5. The molecule has 1 amide bonds. The fourth-order valence-corrected chi connectivity index (χ4v) is 4.30. The molecule has 9 heteroatoms. The average molecular weight is 425 g/mol. The Hall–Kier alpha value is -1.90. The maximum Gasteiger partial charge on any atom is 0.257 e. The maximum absolute atomic E-state index is 13.1. The third-order valence-corrected chi connectivity index (χ3v) is 5.85. The van der Waals surface area contributed by atoms with E-state index in [9.17, 15) is 13.2 Å². The molecule has 0 radical (unpaired) electrons. The summed E-state index contributed by atoms with van der Waals surface area (Å²) in [4.78, 5) is 14.9. The number of likely N-dealkylation sites (tertiary alicyclic amines) is 1. The zero-order valence-electron chi connectivity index (χ0n) is 16.1. The molecule has 1 aromatic heterocycles. The molecule has 152 valence electrons. The van der Waals surface area contributed by atoms with Gasteiger partial charge in [0, 0.05) is 24.7 Å². The van der Waals surface area contributed by atoms with Gasteiger partial charge in [-0.1, -0.05) is 24.6 Å². The Labute approximate surface area is 170 Å². The summed E-state index contributed by atoms with van der Waals surface area (Å²) in [5.74, 6) is 0.0506. The van der Waals surface area contributed by atoms with Crippen LogP contribution in [-0.4, -0.2) is 54.9 Å². The van der Waals surface area contributed by atoms with E-state index in [1.54, 1.807) is 21.8 Å². The van der Waals surface area contributed by atoms with Gasteiger partial charge in [0.25, 0.3) is 5.91 Å². The smallest absolute Gasteiger partial charge is 0.257 e. The summed E-state index contributed by atoms with van der Waals surface area (Å²) < 4.78 is 27.0. The second kappa shape index (κ2) is 8.63. The Kier molecular flexibility index (Phi) is 6.42. The van der Waals surface area contributed by atoms with Crippen LogP contribution in [0.4, 0.5) is 0 Å². The van der Waals surface area contributed by atoms with E-state index < -0.39 is 10.0 Å². The van der Waals surface area contributed by atoms with E-state index in [0.717, 1.165) is 30.5 Å². The predicted octanol–water partition coefficient (Wildman–Crippen LogP) is 2.49. The molecule has 0 aliphatic carbocycles. The number of nitrogens with zero attached hydrogens (tertiary/aromatic N) is 3. The number of aromatic nitrogens is 2. The summed E-state index contributed by atoms with van der Waals surface area (Å²) in [6.45, 7) is 3.54. The molecule has 1 saturated heterocycles. The van der Waals surface area contributed by atoms with Gasteiger partial charge in [-0.05, 0) is 43.4 Å². The van der Waals surface area contributed by atoms with Gasteiger partial charge in [-0.25, -0.2) is 17.8 Å². The molecule has 1 atom stereocenters. The van der Waals surface area contributed by atoms with Crippen molar-refractivity contribution in [2.24, 2.45) is 5.92 Å². The van der Waals surface area contributed by atoms with Crippen molar-refractivity contribution in [3.63, 3.8) is 0 Å². The third kappa shape index (κ3) is 4.92. The van der Waals surface area contributed by atoms with Crippen LogP contribution >= 0.6 is 11.6 Å². The second-order valence-corrected chi connectivity index (χ2v) is 9.40. The van der Waals surface area contributed by atoms with Gasteiger partial charge < -0.3 is 4.90 Å². The van der Waals surface area contributed by atoms with Crippen molar-refractivity contribution in [1.29, 1.82) is 0 Å². The molecular formula is C19H25ClN4O3S. The minimum atomic E-state index is -3.23.